The molecule has 0 saturated carbocycles. The Balaban J connectivity index is 1.95. The van der Waals surface area contributed by atoms with E-state index in [4.69, 9.17) is 11.6 Å². The van der Waals surface area contributed by atoms with Crippen LogP contribution in [0, 0.1) is 0 Å². The van der Waals surface area contributed by atoms with Crippen molar-refractivity contribution >= 4 is 17.3 Å². The molecule has 1 aromatic rings. The van der Waals surface area contributed by atoms with Crippen molar-refractivity contribution in [3.8, 4) is 0 Å². The summed E-state index contributed by atoms with van der Waals surface area (Å²) in [6.07, 6.45) is 3.08. The maximum absolute atomic E-state index is 5.72. The SMILES string of the molecule is CN(C[C@@H]1CCN1)c1ccc(Cl)nc1. The smallest absolute Gasteiger partial charge is 0.129 e. The summed E-state index contributed by atoms with van der Waals surface area (Å²) in [6.45, 7) is 2.18. The predicted molar refractivity (Wildman–Crippen MR) is 58.9 cm³/mol. The van der Waals surface area contributed by atoms with Gasteiger partial charge in [-0.25, -0.2) is 4.98 Å². The molecule has 1 atom stereocenters. The molecule has 1 saturated heterocycles. The van der Waals surface area contributed by atoms with Crippen LogP contribution in [0.3, 0.4) is 0 Å². The lowest BCUT2D eigenvalue weighted by Crippen LogP contribution is -2.49. The van der Waals surface area contributed by atoms with Crippen molar-refractivity contribution in [3.63, 3.8) is 0 Å². The summed E-state index contributed by atoms with van der Waals surface area (Å²) in [4.78, 5) is 6.25. The Hall–Kier alpha value is -0.800. The van der Waals surface area contributed by atoms with E-state index in [1.807, 2.05) is 12.1 Å². The molecule has 0 radical (unpaired) electrons. The number of anilines is 1. The van der Waals surface area contributed by atoms with Gasteiger partial charge in [0.2, 0.25) is 0 Å². The molecule has 0 unspecified atom stereocenters. The summed E-state index contributed by atoms with van der Waals surface area (Å²) in [5, 5.41) is 3.91. The molecule has 1 fully saturated rings. The second-order valence-corrected chi connectivity index (χ2v) is 4.05. The monoisotopic (exact) mass is 211 g/mol. The fourth-order valence-corrected chi connectivity index (χ4v) is 1.65. The summed E-state index contributed by atoms with van der Waals surface area (Å²) in [7, 11) is 2.07. The number of hydrogen-bond donors (Lipinski definition) is 1. The standard InChI is InChI=1S/C10H14ClN3/c1-14(7-8-4-5-12-8)9-2-3-10(11)13-6-9/h2-3,6,8,12H,4-5,7H2,1H3/t8-/m0/s1. The lowest BCUT2D eigenvalue weighted by atomic mass is 10.1. The first-order chi connectivity index (χ1) is 6.75. The number of halogens is 1. The Kier molecular flexibility index (Phi) is 2.89. The van der Waals surface area contributed by atoms with Crippen LogP contribution in [0.1, 0.15) is 6.42 Å². The number of likely N-dealkylation sites (N-methyl/N-ethyl adjacent to an activating group) is 1. The average Bonchev–Trinajstić information content (AvgIpc) is 2.12. The van der Waals surface area contributed by atoms with Gasteiger partial charge in [0.15, 0.2) is 0 Å². The summed E-state index contributed by atoms with van der Waals surface area (Å²) < 4.78 is 0. The van der Waals surface area contributed by atoms with Gasteiger partial charge in [-0.15, -0.1) is 0 Å². The van der Waals surface area contributed by atoms with E-state index in [0.717, 1.165) is 18.8 Å². The molecule has 1 aromatic heterocycles. The number of nitrogens with one attached hydrogen (secondary N) is 1. The van der Waals surface area contributed by atoms with Gasteiger partial charge in [0, 0.05) is 19.6 Å². The van der Waals surface area contributed by atoms with E-state index in [9.17, 15) is 0 Å². The van der Waals surface area contributed by atoms with Gasteiger partial charge in [0.05, 0.1) is 11.9 Å². The lowest BCUT2D eigenvalue weighted by molar-refractivity contribution is 0.374. The maximum atomic E-state index is 5.72. The largest absolute Gasteiger partial charge is 0.372 e. The summed E-state index contributed by atoms with van der Waals surface area (Å²) in [6, 6.07) is 4.45. The third kappa shape index (κ3) is 2.16. The van der Waals surface area contributed by atoms with E-state index < -0.39 is 0 Å². The van der Waals surface area contributed by atoms with Crippen LogP contribution >= 0.6 is 11.6 Å². The Labute approximate surface area is 89.1 Å². The van der Waals surface area contributed by atoms with E-state index in [0.29, 0.717) is 11.2 Å². The number of aromatic nitrogens is 1. The highest BCUT2D eigenvalue weighted by molar-refractivity contribution is 6.29. The molecule has 2 rings (SSSR count). The van der Waals surface area contributed by atoms with E-state index in [2.05, 4.69) is 22.2 Å². The Bertz CT molecular complexity index is 295. The molecule has 3 nitrogen and oxygen atoms in total. The molecule has 1 N–H and O–H groups in total. The van der Waals surface area contributed by atoms with E-state index in [1.165, 1.54) is 6.42 Å². The highest BCUT2D eigenvalue weighted by atomic mass is 35.5. The number of pyridine rings is 1. The highest BCUT2D eigenvalue weighted by Crippen LogP contribution is 2.15. The van der Waals surface area contributed by atoms with Crippen LogP contribution < -0.4 is 10.2 Å². The Morgan fingerprint density at radius 1 is 1.64 bits per heavy atom. The second kappa shape index (κ2) is 4.15. The first-order valence-electron chi connectivity index (χ1n) is 4.82. The molecule has 0 bridgehead atoms. The molecular weight excluding hydrogens is 198 g/mol. The van der Waals surface area contributed by atoms with Gasteiger partial charge in [-0.3, -0.25) is 0 Å². The summed E-state index contributed by atoms with van der Waals surface area (Å²) in [5.74, 6) is 0. The molecular formula is C10H14ClN3. The van der Waals surface area contributed by atoms with Gasteiger partial charge in [0.1, 0.15) is 5.15 Å². The van der Waals surface area contributed by atoms with Crippen LogP contribution in [0.5, 0.6) is 0 Å². The van der Waals surface area contributed by atoms with Crippen molar-refractivity contribution in [2.24, 2.45) is 0 Å². The van der Waals surface area contributed by atoms with Crippen molar-refractivity contribution in [1.82, 2.24) is 10.3 Å². The van der Waals surface area contributed by atoms with Crippen molar-refractivity contribution < 1.29 is 0 Å². The van der Waals surface area contributed by atoms with Crippen LogP contribution in [0.2, 0.25) is 5.15 Å². The molecule has 14 heavy (non-hydrogen) atoms. The zero-order chi connectivity index (χ0) is 9.97. The number of nitrogens with zero attached hydrogens (tertiary/aromatic N) is 2. The molecule has 1 aliphatic heterocycles. The van der Waals surface area contributed by atoms with E-state index >= 15 is 0 Å². The van der Waals surface area contributed by atoms with Crippen LogP contribution in [0.25, 0.3) is 0 Å². The minimum absolute atomic E-state index is 0.545. The zero-order valence-electron chi connectivity index (χ0n) is 8.20. The molecule has 0 aliphatic carbocycles. The quantitative estimate of drug-likeness (QED) is 0.769. The maximum Gasteiger partial charge on any atom is 0.129 e. The number of hydrogen-bond acceptors (Lipinski definition) is 3. The Morgan fingerprint density at radius 3 is 2.93 bits per heavy atom. The molecule has 1 aliphatic rings. The molecule has 0 amide bonds. The summed E-state index contributed by atoms with van der Waals surface area (Å²) in [5.41, 5.74) is 1.11. The highest BCUT2D eigenvalue weighted by Gasteiger charge is 2.18. The molecule has 0 spiro atoms. The fraction of sp³-hybridized carbons (Fsp3) is 0.500. The third-order valence-electron chi connectivity index (χ3n) is 2.57. The van der Waals surface area contributed by atoms with Gasteiger partial charge in [-0.1, -0.05) is 11.6 Å². The zero-order valence-corrected chi connectivity index (χ0v) is 8.96. The van der Waals surface area contributed by atoms with Crippen LogP contribution in [0.15, 0.2) is 18.3 Å². The molecule has 0 aromatic carbocycles. The van der Waals surface area contributed by atoms with Crippen LogP contribution in [0.4, 0.5) is 5.69 Å². The third-order valence-corrected chi connectivity index (χ3v) is 2.80. The topological polar surface area (TPSA) is 28.2 Å². The van der Waals surface area contributed by atoms with Crippen LogP contribution in [-0.2, 0) is 0 Å². The summed E-state index contributed by atoms with van der Waals surface area (Å²) >= 11 is 5.72. The van der Waals surface area contributed by atoms with Gasteiger partial charge in [-0.2, -0.15) is 0 Å². The second-order valence-electron chi connectivity index (χ2n) is 3.66. The van der Waals surface area contributed by atoms with Gasteiger partial charge < -0.3 is 10.2 Å². The van der Waals surface area contributed by atoms with Gasteiger partial charge in [0.25, 0.3) is 0 Å². The molecule has 76 valence electrons. The first-order valence-corrected chi connectivity index (χ1v) is 5.19. The molecule has 4 heteroatoms. The minimum atomic E-state index is 0.545. The predicted octanol–water partition coefficient (Wildman–Crippen LogP) is 1.53. The molecule has 2 heterocycles. The fourth-order valence-electron chi connectivity index (χ4n) is 1.53. The minimum Gasteiger partial charge on any atom is -0.372 e. The lowest BCUT2D eigenvalue weighted by Gasteiger charge is -2.32. The van der Waals surface area contributed by atoms with Crippen molar-refractivity contribution in [3.05, 3.63) is 23.5 Å². The first kappa shape index (κ1) is 9.74. The normalized spacial score (nSPS) is 20.3. The number of rotatable bonds is 3. The van der Waals surface area contributed by atoms with Gasteiger partial charge in [-0.05, 0) is 25.1 Å². The van der Waals surface area contributed by atoms with Crippen molar-refractivity contribution in [2.45, 2.75) is 12.5 Å². The van der Waals surface area contributed by atoms with Gasteiger partial charge >= 0.3 is 0 Å². The van der Waals surface area contributed by atoms with E-state index in [1.54, 1.807) is 6.20 Å². The average molecular weight is 212 g/mol. The van der Waals surface area contributed by atoms with Crippen molar-refractivity contribution in [1.29, 1.82) is 0 Å². The Morgan fingerprint density at radius 2 is 2.43 bits per heavy atom. The van der Waals surface area contributed by atoms with Crippen LogP contribution in [-0.4, -0.2) is 31.2 Å². The van der Waals surface area contributed by atoms with Crippen molar-refractivity contribution in [2.75, 3.05) is 25.0 Å². The van der Waals surface area contributed by atoms with E-state index in [-0.39, 0.29) is 0 Å².